The van der Waals surface area contributed by atoms with E-state index in [-0.39, 0.29) is 0 Å². The van der Waals surface area contributed by atoms with Crippen molar-refractivity contribution >= 4 is 31.9 Å². The maximum absolute atomic E-state index is 5.43. The molecule has 0 aliphatic carbocycles. The number of methoxy groups -OCH3 is 1. The molecule has 1 unspecified atom stereocenters. The Morgan fingerprint density at radius 1 is 1.35 bits per heavy atom. The van der Waals surface area contributed by atoms with Gasteiger partial charge in [0.15, 0.2) is 0 Å². The number of ether oxygens (including phenoxy) is 1. The van der Waals surface area contributed by atoms with E-state index >= 15 is 0 Å². The molecule has 0 bridgehead atoms. The number of halogens is 2. The molecule has 1 atom stereocenters. The number of hydrogen-bond acceptors (Lipinski definition) is 1. The third kappa shape index (κ3) is 4.29. The monoisotopic (exact) mass is 362 g/mol. The smallest absolute Gasteiger partial charge is 0.122 e. The van der Waals surface area contributed by atoms with Crippen LogP contribution in [0.5, 0.6) is 5.75 Å². The molecule has 1 aromatic carbocycles. The molecule has 0 saturated carbocycles. The lowest BCUT2D eigenvalue weighted by Crippen LogP contribution is -2.21. The number of rotatable bonds is 6. The van der Waals surface area contributed by atoms with Crippen molar-refractivity contribution in [2.45, 2.75) is 33.1 Å². The highest BCUT2D eigenvalue weighted by Gasteiger charge is 2.24. The average molecular weight is 364 g/mol. The second-order valence-electron chi connectivity index (χ2n) is 4.83. The second-order valence-corrected chi connectivity index (χ2v) is 6.30. The molecule has 0 radical (unpaired) electrons. The van der Waals surface area contributed by atoms with Crippen molar-refractivity contribution in [2.24, 2.45) is 5.41 Å². The second kappa shape index (κ2) is 6.79. The molecule has 0 heterocycles. The standard InChI is InChI=1S/C14H20Br2O/c1-4-7-14(2,10-15)9-11-8-12(16)5-6-13(11)17-3/h5-6,8H,4,7,9-10H2,1-3H3. The summed E-state index contributed by atoms with van der Waals surface area (Å²) in [7, 11) is 1.73. The normalized spacial score (nSPS) is 14.4. The van der Waals surface area contributed by atoms with Crippen LogP contribution in [0.3, 0.4) is 0 Å². The van der Waals surface area contributed by atoms with Crippen LogP contribution in [0.25, 0.3) is 0 Å². The highest BCUT2D eigenvalue weighted by molar-refractivity contribution is 9.10. The van der Waals surface area contributed by atoms with E-state index in [1.54, 1.807) is 7.11 Å². The minimum atomic E-state index is 0.294. The third-order valence-electron chi connectivity index (χ3n) is 3.04. The summed E-state index contributed by atoms with van der Waals surface area (Å²) < 4.78 is 6.55. The molecule has 0 spiro atoms. The minimum Gasteiger partial charge on any atom is -0.496 e. The molecule has 0 fully saturated rings. The molecule has 3 heteroatoms. The zero-order valence-electron chi connectivity index (χ0n) is 10.7. The van der Waals surface area contributed by atoms with E-state index in [4.69, 9.17) is 4.74 Å². The molecule has 0 N–H and O–H groups in total. The van der Waals surface area contributed by atoms with E-state index in [9.17, 15) is 0 Å². The van der Waals surface area contributed by atoms with Gasteiger partial charge in [0.2, 0.25) is 0 Å². The summed E-state index contributed by atoms with van der Waals surface area (Å²) in [6, 6.07) is 6.21. The molecule has 0 saturated heterocycles. The fraction of sp³-hybridized carbons (Fsp3) is 0.571. The number of benzene rings is 1. The largest absolute Gasteiger partial charge is 0.496 e. The average Bonchev–Trinajstić information content (AvgIpc) is 2.29. The van der Waals surface area contributed by atoms with Gasteiger partial charge in [-0.15, -0.1) is 0 Å². The lowest BCUT2D eigenvalue weighted by atomic mass is 9.81. The van der Waals surface area contributed by atoms with Crippen LogP contribution in [0.2, 0.25) is 0 Å². The number of alkyl halides is 1. The first-order valence-electron chi connectivity index (χ1n) is 5.93. The SMILES string of the molecule is CCCC(C)(CBr)Cc1cc(Br)ccc1OC. The topological polar surface area (TPSA) is 9.23 Å². The molecule has 0 amide bonds. The lowest BCUT2D eigenvalue weighted by molar-refractivity contribution is 0.330. The Labute approximate surface area is 121 Å². The zero-order valence-corrected chi connectivity index (χ0v) is 13.9. The zero-order chi connectivity index (χ0) is 12.9. The van der Waals surface area contributed by atoms with Gasteiger partial charge in [-0.05, 0) is 42.0 Å². The first kappa shape index (κ1) is 15.0. The summed E-state index contributed by atoms with van der Waals surface area (Å²) in [6.45, 7) is 4.56. The van der Waals surface area contributed by atoms with Gasteiger partial charge >= 0.3 is 0 Å². The summed E-state index contributed by atoms with van der Waals surface area (Å²) in [5.74, 6) is 0.983. The molecule has 96 valence electrons. The highest BCUT2D eigenvalue weighted by Crippen LogP contribution is 2.34. The van der Waals surface area contributed by atoms with E-state index in [0.717, 1.165) is 22.0 Å². The van der Waals surface area contributed by atoms with Crippen molar-refractivity contribution in [2.75, 3.05) is 12.4 Å². The predicted molar refractivity (Wildman–Crippen MR) is 81.2 cm³/mol. The van der Waals surface area contributed by atoms with Crippen molar-refractivity contribution in [3.8, 4) is 5.75 Å². The van der Waals surface area contributed by atoms with Gasteiger partial charge in [-0.2, -0.15) is 0 Å². The Morgan fingerprint density at radius 2 is 2.06 bits per heavy atom. The molecule has 1 aromatic rings. The Morgan fingerprint density at radius 3 is 2.59 bits per heavy atom. The quantitative estimate of drug-likeness (QED) is 0.631. The van der Waals surface area contributed by atoms with E-state index in [1.165, 1.54) is 18.4 Å². The lowest BCUT2D eigenvalue weighted by Gasteiger charge is -2.28. The van der Waals surface area contributed by atoms with E-state index in [1.807, 2.05) is 12.1 Å². The predicted octanol–water partition coefficient (Wildman–Crippen LogP) is 5.20. The van der Waals surface area contributed by atoms with Crippen LogP contribution >= 0.6 is 31.9 Å². The summed E-state index contributed by atoms with van der Waals surface area (Å²) >= 11 is 7.17. The van der Waals surface area contributed by atoms with Crippen LogP contribution in [0, 0.1) is 5.41 Å². The van der Waals surface area contributed by atoms with Gasteiger partial charge in [0.05, 0.1) is 7.11 Å². The summed E-state index contributed by atoms with van der Waals surface area (Å²) in [5.41, 5.74) is 1.57. The fourth-order valence-electron chi connectivity index (χ4n) is 2.15. The van der Waals surface area contributed by atoms with Crippen molar-refractivity contribution in [1.29, 1.82) is 0 Å². The maximum Gasteiger partial charge on any atom is 0.122 e. The molecular formula is C14H20Br2O. The van der Waals surface area contributed by atoms with Crippen molar-refractivity contribution < 1.29 is 4.74 Å². The van der Waals surface area contributed by atoms with Crippen LogP contribution in [0.4, 0.5) is 0 Å². The van der Waals surface area contributed by atoms with E-state index in [0.29, 0.717) is 5.41 Å². The van der Waals surface area contributed by atoms with Gasteiger partial charge in [-0.25, -0.2) is 0 Å². The van der Waals surface area contributed by atoms with Crippen LogP contribution in [-0.4, -0.2) is 12.4 Å². The van der Waals surface area contributed by atoms with E-state index < -0.39 is 0 Å². The fourth-order valence-corrected chi connectivity index (χ4v) is 3.04. The Kier molecular flexibility index (Phi) is 6.01. The summed E-state index contributed by atoms with van der Waals surface area (Å²) in [5, 5.41) is 1.02. The van der Waals surface area contributed by atoms with Gasteiger partial charge < -0.3 is 4.74 Å². The van der Waals surface area contributed by atoms with Crippen LogP contribution < -0.4 is 4.74 Å². The molecule has 0 aromatic heterocycles. The van der Waals surface area contributed by atoms with Gasteiger partial charge in [-0.1, -0.05) is 52.1 Å². The van der Waals surface area contributed by atoms with Crippen molar-refractivity contribution in [1.82, 2.24) is 0 Å². The number of hydrogen-bond donors (Lipinski definition) is 0. The molecule has 0 aliphatic heterocycles. The molecular weight excluding hydrogens is 344 g/mol. The van der Waals surface area contributed by atoms with Gasteiger partial charge in [0.1, 0.15) is 5.75 Å². The molecule has 1 rings (SSSR count). The maximum atomic E-state index is 5.43. The van der Waals surface area contributed by atoms with Crippen LogP contribution in [-0.2, 0) is 6.42 Å². The first-order valence-corrected chi connectivity index (χ1v) is 7.84. The highest BCUT2D eigenvalue weighted by atomic mass is 79.9. The molecule has 1 nitrogen and oxygen atoms in total. The summed E-state index contributed by atoms with van der Waals surface area (Å²) in [4.78, 5) is 0. The summed E-state index contributed by atoms with van der Waals surface area (Å²) in [6.07, 6.45) is 3.46. The Bertz CT molecular complexity index is 365. The Balaban J connectivity index is 2.95. The van der Waals surface area contributed by atoms with Crippen LogP contribution in [0.1, 0.15) is 32.3 Å². The minimum absolute atomic E-state index is 0.294. The van der Waals surface area contributed by atoms with Crippen molar-refractivity contribution in [3.05, 3.63) is 28.2 Å². The Hall–Kier alpha value is -0.0200. The van der Waals surface area contributed by atoms with Gasteiger partial charge in [-0.3, -0.25) is 0 Å². The molecule has 0 aliphatic rings. The van der Waals surface area contributed by atoms with Gasteiger partial charge in [0, 0.05) is 9.80 Å². The molecule has 17 heavy (non-hydrogen) atoms. The third-order valence-corrected chi connectivity index (χ3v) is 4.88. The van der Waals surface area contributed by atoms with Gasteiger partial charge in [0.25, 0.3) is 0 Å². The van der Waals surface area contributed by atoms with Crippen LogP contribution in [0.15, 0.2) is 22.7 Å². The van der Waals surface area contributed by atoms with E-state index in [2.05, 4.69) is 51.8 Å². The van der Waals surface area contributed by atoms with Crippen molar-refractivity contribution in [3.63, 3.8) is 0 Å². The first-order chi connectivity index (χ1) is 8.04.